The third-order valence-corrected chi connectivity index (χ3v) is 4.63. The van der Waals surface area contributed by atoms with Gasteiger partial charge in [-0.15, -0.1) is 0 Å². The van der Waals surface area contributed by atoms with Gasteiger partial charge >= 0.3 is 6.09 Å². The monoisotopic (exact) mass is 366 g/mol. The summed E-state index contributed by atoms with van der Waals surface area (Å²) in [5.41, 5.74) is 1.13. The van der Waals surface area contributed by atoms with E-state index in [1.165, 1.54) is 0 Å². The predicted octanol–water partition coefficient (Wildman–Crippen LogP) is 4.05. The summed E-state index contributed by atoms with van der Waals surface area (Å²) in [5.74, 6) is 0. The molecule has 0 aliphatic rings. The van der Waals surface area contributed by atoms with E-state index in [1.54, 1.807) is 0 Å². The molecule has 0 fully saturated rings. The van der Waals surface area contributed by atoms with Crippen molar-refractivity contribution in [3.8, 4) is 0 Å². The molecule has 0 radical (unpaired) electrons. The zero-order valence-corrected chi connectivity index (χ0v) is 17.1. The molecule has 0 saturated carbocycles. The van der Waals surface area contributed by atoms with Crippen molar-refractivity contribution in [1.82, 2.24) is 5.32 Å². The van der Waals surface area contributed by atoms with E-state index in [0.29, 0.717) is 12.1 Å². The molecule has 2 atom stereocenters. The molecule has 0 bridgehead atoms. The molecular formula is C19H30N2O3S. The van der Waals surface area contributed by atoms with Gasteiger partial charge < -0.3 is 10.1 Å². The van der Waals surface area contributed by atoms with Gasteiger partial charge in [0.25, 0.3) is 0 Å². The normalized spacial score (nSPS) is 15.4. The largest absolute Gasteiger partial charge is 0.444 e. The van der Waals surface area contributed by atoms with Crippen LogP contribution in [0.1, 0.15) is 54.0 Å². The standard InChI is InChI=1S/C19H30N2O3S/c1-14(20-17(22)24-18(2,3)4)16(21-25(23)19(5,6)7)13-15-11-9-8-10-12-15/h8-12,14H,13H2,1-7H3,(H,20,22)/t14-,25?/m0/s1. The highest BCUT2D eigenvalue weighted by molar-refractivity contribution is 7.85. The van der Waals surface area contributed by atoms with E-state index in [4.69, 9.17) is 4.74 Å². The van der Waals surface area contributed by atoms with Crippen LogP contribution in [0.15, 0.2) is 34.7 Å². The molecule has 25 heavy (non-hydrogen) atoms. The number of amides is 1. The first-order chi connectivity index (χ1) is 11.4. The van der Waals surface area contributed by atoms with Crippen molar-refractivity contribution < 1.29 is 13.7 Å². The van der Waals surface area contributed by atoms with Gasteiger partial charge in [0.1, 0.15) is 16.6 Å². The van der Waals surface area contributed by atoms with E-state index in [-0.39, 0.29) is 6.04 Å². The summed E-state index contributed by atoms with van der Waals surface area (Å²) in [6, 6.07) is 9.40. The second kappa shape index (κ2) is 8.61. The average Bonchev–Trinajstić information content (AvgIpc) is 2.44. The molecule has 1 amide bonds. The molecule has 6 heteroatoms. The van der Waals surface area contributed by atoms with Crippen LogP contribution in [0.5, 0.6) is 0 Å². The summed E-state index contributed by atoms with van der Waals surface area (Å²) in [4.78, 5) is 12.0. The molecule has 0 spiro atoms. The molecular weight excluding hydrogens is 336 g/mol. The van der Waals surface area contributed by atoms with Gasteiger partial charge in [0.15, 0.2) is 0 Å². The van der Waals surface area contributed by atoms with E-state index in [9.17, 15) is 9.00 Å². The smallest absolute Gasteiger partial charge is 0.408 e. The van der Waals surface area contributed by atoms with Crippen molar-refractivity contribution >= 4 is 22.8 Å². The Hall–Kier alpha value is -1.69. The SMILES string of the molecule is C[C@H](NC(=O)OC(C)(C)C)C(Cc1ccccc1)=NS(=O)C(C)(C)C. The van der Waals surface area contributed by atoms with Gasteiger partial charge in [-0.05, 0) is 54.0 Å². The summed E-state index contributed by atoms with van der Waals surface area (Å²) in [6.45, 7) is 12.9. The van der Waals surface area contributed by atoms with Crippen LogP contribution < -0.4 is 5.32 Å². The minimum Gasteiger partial charge on any atom is -0.444 e. The highest BCUT2D eigenvalue weighted by Crippen LogP contribution is 2.15. The number of nitrogens with zero attached hydrogens (tertiary/aromatic N) is 1. The molecule has 0 heterocycles. The molecule has 140 valence electrons. The molecule has 1 unspecified atom stereocenters. The molecule has 1 aromatic rings. The van der Waals surface area contributed by atoms with Crippen LogP contribution >= 0.6 is 0 Å². The van der Waals surface area contributed by atoms with Gasteiger partial charge in [0.2, 0.25) is 0 Å². The molecule has 5 nitrogen and oxygen atoms in total. The van der Waals surface area contributed by atoms with Crippen LogP contribution in [0.3, 0.4) is 0 Å². The summed E-state index contributed by atoms with van der Waals surface area (Å²) in [7, 11) is -1.40. The molecule has 0 aromatic heterocycles. The van der Waals surface area contributed by atoms with E-state index < -0.39 is 27.4 Å². The van der Waals surface area contributed by atoms with Crippen molar-refractivity contribution in [3.05, 3.63) is 35.9 Å². The van der Waals surface area contributed by atoms with Crippen molar-refractivity contribution in [2.24, 2.45) is 4.40 Å². The number of carbonyl (C=O) groups is 1. The minimum absolute atomic E-state index is 0.388. The van der Waals surface area contributed by atoms with Crippen LogP contribution in [0.4, 0.5) is 4.79 Å². The number of alkyl carbamates (subject to hydrolysis) is 1. The van der Waals surface area contributed by atoms with Gasteiger partial charge in [0.05, 0.1) is 16.5 Å². The Morgan fingerprint density at radius 2 is 1.72 bits per heavy atom. The first-order valence-electron chi connectivity index (χ1n) is 8.41. The maximum Gasteiger partial charge on any atom is 0.408 e. The molecule has 0 aliphatic heterocycles. The first-order valence-corrected chi connectivity index (χ1v) is 9.52. The Morgan fingerprint density at radius 1 is 1.16 bits per heavy atom. The number of benzene rings is 1. The maximum absolute atomic E-state index is 12.5. The topological polar surface area (TPSA) is 67.8 Å². The molecule has 1 rings (SSSR count). The number of hydrogen-bond donors (Lipinski definition) is 1. The molecule has 1 N–H and O–H groups in total. The summed E-state index contributed by atoms with van der Waals surface area (Å²) >= 11 is 0. The Kier molecular flexibility index (Phi) is 7.35. The Labute approximate surface area is 153 Å². The van der Waals surface area contributed by atoms with Gasteiger partial charge in [0, 0.05) is 6.42 Å². The van der Waals surface area contributed by atoms with Crippen LogP contribution in [-0.4, -0.2) is 32.4 Å². The van der Waals surface area contributed by atoms with E-state index in [0.717, 1.165) is 5.56 Å². The van der Waals surface area contributed by atoms with Crippen LogP contribution in [-0.2, 0) is 22.1 Å². The fourth-order valence-corrected chi connectivity index (χ4v) is 2.59. The van der Waals surface area contributed by atoms with Crippen molar-refractivity contribution in [2.75, 3.05) is 0 Å². The number of carbonyl (C=O) groups excluding carboxylic acids is 1. The third-order valence-electron chi connectivity index (χ3n) is 3.19. The highest BCUT2D eigenvalue weighted by atomic mass is 32.2. The fourth-order valence-electron chi connectivity index (χ4n) is 1.88. The number of hydrogen-bond acceptors (Lipinski definition) is 3. The Bertz CT molecular complexity index is 628. The van der Waals surface area contributed by atoms with Gasteiger partial charge in [-0.2, -0.15) is 4.40 Å². The fraction of sp³-hybridized carbons (Fsp3) is 0.579. The second-order valence-corrected chi connectivity index (χ2v) is 9.88. The molecule has 0 aliphatic carbocycles. The van der Waals surface area contributed by atoms with Crippen LogP contribution in [0, 0.1) is 0 Å². The zero-order chi connectivity index (χ0) is 19.3. The van der Waals surface area contributed by atoms with Crippen molar-refractivity contribution in [2.45, 2.75) is 71.3 Å². The zero-order valence-electron chi connectivity index (χ0n) is 16.3. The van der Waals surface area contributed by atoms with E-state index in [1.807, 2.05) is 78.8 Å². The van der Waals surface area contributed by atoms with Gasteiger partial charge in [-0.3, -0.25) is 0 Å². The van der Waals surface area contributed by atoms with Crippen molar-refractivity contribution in [1.29, 1.82) is 0 Å². The molecule has 0 saturated heterocycles. The maximum atomic E-state index is 12.5. The lowest BCUT2D eigenvalue weighted by Crippen LogP contribution is -2.42. The van der Waals surface area contributed by atoms with Gasteiger partial charge in [-0.25, -0.2) is 9.00 Å². The van der Waals surface area contributed by atoms with E-state index in [2.05, 4.69) is 9.71 Å². The second-order valence-electron chi connectivity index (χ2n) is 7.97. The quantitative estimate of drug-likeness (QED) is 0.800. The summed E-state index contributed by atoms with van der Waals surface area (Å²) in [6.07, 6.45) is 0.00176. The Balaban J connectivity index is 2.99. The average molecular weight is 367 g/mol. The van der Waals surface area contributed by atoms with Crippen molar-refractivity contribution in [3.63, 3.8) is 0 Å². The number of nitrogens with one attached hydrogen (secondary N) is 1. The van der Waals surface area contributed by atoms with Crippen LogP contribution in [0.2, 0.25) is 0 Å². The lowest BCUT2D eigenvalue weighted by Gasteiger charge is -2.23. The third kappa shape index (κ3) is 8.29. The lowest BCUT2D eigenvalue weighted by molar-refractivity contribution is 0.0521. The van der Waals surface area contributed by atoms with Gasteiger partial charge in [-0.1, -0.05) is 30.3 Å². The van der Waals surface area contributed by atoms with E-state index >= 15 is 0 Å². The minimum atomic E-state index is -1.40. The number of ether oxygens (including phenoxy) is 1. The number of rotatable bonds is 5. The first kappa shape index (κ1) is 21.4. The molecule has 1 aromatic carbocycles. The van der Waals surface area contributed by atoms with Crippen LogP contribution in [0.25, 0.3) is 0 Å². The highest BCUT2D eigenvalue weighted by Gasteiger charge is 2.24. The predicted molar refractivity (Wildman–Crippen MR) is 104 cm³/mol. The lowest BCUT2D eigenvalue weighted by atomic mass is 10.0. The Morgan fingerprint density at radius 3 is 2.20 bits per heavy atom. The summed E-state index contributed by atoms with van der Waals surface area (Å²) in [5, 5.41) is 2.79. The summed E-state index contributed by atoms with van der Waals surface area (Å²) < 4.78 is 21.7.